The summed E-state index contributed by atoms with van der Waals surface area (Å²) in [5.74, 6) is 0.463. The fourth-order valence-corrected chi connectivity index (χ4v) is 3.27. The Labute approximate surface area is 174 Å². The van der Waals surface area contributed by atoms with Crippen molar-refractivity contribution in [2.24, 2.45) is 4.99 Å². The van der Waals surface area contributed by atoms with Crippen LogP contribution < -0.4 is 10.6 Å². The van der Waals surface area contributed by atoms with Gasteiger partial charge in [-0.05, 0) is 25.0 Å². The second-order valence-electron chi connectivity index (χ2n) is 5.68. The Bertz CT molecular complexity index is 623. The van der Waals surface area contributed by atoms with Gasteiger partial charge in [0.25, 0.3) is 0 Å². The molecule has 6 nitrogen and oxygen atoms in total. The first-order valence-electron chi connectivity index (χ1n) is 8.07. The quantitative estimate of drug-likeness (QED) is 0.270. The molecule has 1 atom stereocenters. The minimum Gasteiger partial charge on any atom is -0.355 e. The Morgan fingerprint density at radius 3 is 2.52 bits per heavy atom. The number of benzene rings is 1. The molecule has 0 radical (unpaired) electrons. The summed E-state index contributed by atoms with van der Waals surface area (Å²) in [5, 5.41) is 6.46. The molecule has 0 spiro atoms. The number of carbonyl (C=O) groups excluding carboxylic acids is 2. The second-order valence-corrected chi connectivity index (χ2v) is 6.53. The second kappa shape index (κ2) is 10.7. The van der Waals surface area contributed by atoms with Crippen LogP contribution >= 0.6 is 39.9 Å². The maximum Gasteiger partial charge on any atom is 0.229 e. The number of amides is 2. The Morgan fingerprint density at radius 1 is 1.28 bits per heavy atom. The van der Waals surface area contributed by atoms with Gasteiger partial charge in [-0.3, -0.25) is 19.5 Å². The van der Waals surface area contributed by atoms with Crippen LogP contribution in [0.25, 0.3) is 0 Å². The zero-order chi connectivity index (χ0) is 17.5. The monoisotopic (exact) mass is 522 g/mol. The Kier molecular flexibility index (Phi) is 9.41. The van der Waals surface area contributed by atoms with Crippen LogP contribution in [-0.4, -0.2) is 42.8 Å². The van der Waals surface area contributed by atoms with Gasteiger partial charge in [0.2, 0.25) is 11.8 Å². The number of rotatable bonds is 5. The van der Waals surface area contributed by atoms with E-state index in [1.165, 1.54) is 4.90 Å². The largest absolute Gasteiger partial charge is 0.355 e. The third-order valence-corrected chi connectivity index (χ3v) is 4.68. The van der Waals surface area contributed by atoms with Crippen molar-refractivity contribution in [1.29, 1.82) is 0 Å². The molecule has 2 N–H and O–H groups in total. The Balaban J connectivity index is 0.00000312. The van der Waals surface area contributed by atoms with Gasteiger partial charge in [0.1, 0.15) is 0 Å². The van der Waals surface area contributed by atoms with Crippen LogP contribution in [0.4, 0.5) is 0 Å². The number of likely N-dealkylation sites (tertiary alicyclic amines) is 1. The number of imide groups is 1. The summed E-state index contributed by atoms with van der Waals surface area (Å²) < 4.78 is 1.03. The van der Waals surface area contributed by atoms with Gasteiger partial charge in [-0.25, -0.2) is 0 Å². The number of hydrogen-bond acceptors (Lipinski definition) is 3. The maximum absolute atomic E-state index is 11.8. The van der Waals surface area contributed by atoms with Gasteiger partial charge >= 0.3 is 0 Å². The zero-order valence-electron chi connectivity index (χ0n) is 14.4. The molecule has 1 aromatic carbocycles. The first-order valence-corrected chi connectivity index (χ1v) is 8.87. The number of piperidine rings is 1. The summed E-state index contributed by atoms with van der Waals surface area (Å²) >= 11 is 3.54. The molecule has 138 valence electrons. The van der Waals surface area contributed by atoms with Gasteiger partial charge in [0.05, 0.1) is 6.04 Å². The van der Waals surface area contributed by atoms with Gasteiger partial charge in [-0.15, -0.1) is 24.0 Å². The number of nitrogens with zero attached hydrogens (tertiary/aromatic N) is 2. The smallest absolute Gasteiger partial charge is 0.229 e. The predicted octanol–water partition coefficient (Wildman–Crippen LogP) is 2.83. The van der Waals surface area contributed by atoms with E-state index in [4.69, 9.17) is 0 Å². The maximum atomic E-state index is 11.8. The molecule has 1 aliphatic rings. The number of aliphatic imine (C=N–C) groups is 1. The first-order chi connectivity index (χ1) is 11.5. The van der Waals surface area contributed by atoms with Crippen LogP contribution in [0.15, 0.2) is 33.7 Å². The fourth-order valence-electron chi connectivity index (χ4n) is 2.64. The third kappa shape index (κ3) is 6.25. The van der Waals surface area contributed by atoms with Gasteiger partial charge < -0.3 is 10.6 Å². The van der Waals surface area contributed by atoms with E-state index in [1.807, 2.05) is 31.2 Å². The Morgan fingerprint density at radius 2 is 1.92 bits per heavy atom. The normalized spacial score (nSPS) is 16.3. The van der Waals surface area contributed by atoms with E-state index in [0.717, 1.165) is 10.0 Å². The summed E-state index contributed by atoms with van der Waals surface area (Å²) in [7, 11) is 1.69. The SMILES string of the molecule is CN=C(NCCN1C(=O)CCCC1=O)NC(C)c1ccccc1Br.I. The number of guanidine groups is 1. The molecule has 0 aromatic heterocycles. The molecule has 0 aliphatic carbocycles. The molecular weight excluding hydrogens is 499 g/mol. The van der Waals surface area contributed by atoms with E-state index < -0.39 is 0 Å². The van der Waals surface area contributed by atoms with Crippen molar-refractivity contribution in [3.8, 4) is 0 Å². The summed E-state index contributed by atoms with van der Waals surface area (Å²) in [6.07, 6.45) is 1.57. The summed E-state index contributed by atoms with van der Waals surface area (Å²) in [6, 6.07) is 8.06. The molecule has 0 saturated carbocycles. The standard InChI is InChI=1S/C17H23BrN4O2.HI/c1-12(13-6-3-4-7-14(13)18)21-17(19-2)20-10-11-22-15(23)8-5-9-16(22)24;/h3-4,6-7,12H,5,8-11H2,1-2H3,(H2,19,20,21);1H. The Hall–Kier alpha value is -1.16. The van der Waals surface area contributed by atoms with Crippen molar-refractivity contribution in [2.45, 2.75) is 32.2 Å². The van der Waals surface area contributed by atoms with Crippen molar-refractivity contribution in [1.82, 2.24) is 15.5 Å². The van der Waals surface area contributed by atoms with Gasteiger partial charge in [-0.2, -0.15) is 0 Å². The van der Waals surface area contributed by atoms with Gasteiger partial charge in [-0.1, -0.05) is 34.1 Å². The van der Waals surface area contributed by atoms with E-state index in [2.05, 4.69) is 31.6 Å². The molecule has 2 rings (SSSR count). The molecular formula is C17H24BrIN4O2. The highest BCUT2D eigenvalue weighted by Gasteiger charge is 2.25. The lowest BCUT2D eigenvalue weighted by Crippen LogP contribution is -2.46. The van der Waals surface area contributed by atoms with Crippen LogP contribution in [0.5, 0.6) is 0 Å². The summed E-state index contributed by atoms with van der Waals surface area (Å²) in [6.45, 7) is 2.88. The molecule has 25 heavy (non-hydrogen) atoms. The minimum absolute atomic E-state index is 0. The van der Waals surface area contributed by atoms with Crippen LogP contribution in [-0.2, 0) is 9.59 Å². The molecule has 1 aliphatic heterocycles. The highest BCUT2D eigenvalue weighted by atomic mass is 127. The highest BCUT2D eigenvalue weighted by Crippen LogP contribution is 2.22. The average molecular weight is 523 g/mol. The van der Waals surface area contributed by atoms with Crippen LogP contribution in [0.1, 0.15) is 37.8 Å². The van der Waals surface area contributed by atoms with E-state index >= 15 is 0 Å². The highest BCUT2D eigenvalue weighted by molar-refractivity contribution is 14.0. The molecule has 1 aromatic rings. The van der Waals surface area contributed by atoms with E-state index in [1.54, 1.807) is 7.05 Å². The van der Waals surface area contributed by atoms with Crippen molar-refractivity contribution < 1.29 is 9.59 Å². The number of halogens is 2. The van der Waals surface area contributed by atoms with Crippen molar-refractivity contribution in [2.75, 3.05) is 20.1 Å². The van der Waals surface area contributed by atoms with Gasteiger partial charge in [0.15, 0.2) is 5.96 Å². The van der Waals surface area contributed by atoms with Crippen LogP contribution in [0, 0.1) is 0 Å². The van der Waals surface area contributed by atoms with E-state index in [0.29, 0.717) is 38.3 Å². The number of carbonyl (C=O) groups is 2. The molecule has 1 unspecified atom stereocenters. The van der Waals surface area contributed by atoms with Crippen molar-refractivity contribution in [3.63, 3.8) is 0 Å². The number of hydrogen-bond donors (Lipinski definition) is 2. The zero-order valence-corrected chi connectivity index (χ0v) is 18.3. The lowest BCUT2D eigenvalue weighted by atomic mass is 10.1. The van der Waals surface area contributed by atoms with E-state index in [-0.39, 0.29) is 41.8 Å². The van der Waals surface area contributed by atoms with Crippen molar-refractivity contribution >= 4 is 57.7 Å². The van der Waals surface area contributed by atoms with Crippen LogP contribution in [0.2, 0.25) is 0 Å². The predicted molar refractivity (Wildman–Crippen MR) is 113 cm³/mol. The molecule has 0 bridgehead atoms. The average Bonchev–Trinajstić information content (AvgIpc) is 2.56. The fraction of sp³-hybridized carbons (Fsp3) is 0.471. The third-order valence-electron chi connectivity index (χ3n) is 3.96. The first kappa shape index (κ1) is 21.9. The molecule has 1 heterocycles. The molecule has 8 heteroatoms. The lowest BCUT2D eigenvalue weighted by Gasteiger charge is -2.25. The van der Waals surface area contributed by atoms with Crippen LogP contribution in [0.3, 0.4) is 0 Å². The van der Waals surface area contributed by atoms with E-state index in [9.17, 15) is 9.59 Å². The summed E-state index contributed by atoms with van der Waals surface area (Å²) in [5.41, 5.74) is 1.13. The summed E-state index contributed by atoms with van der Waals surface area (Å²) in [4.78, 5) is 29.1. The van der Waals surface area contributed by atoms with Gasteiger partial charge in [0, 0.05) is 37.5 Å². The lowest BCUT2D eigenvalue weighted by molar-refractivity contribution is -0.147. The molecule has 2 amide bonds. The number of nitrogens with one attached hydrogen (secondary N) is 2. The minimum atomic E-state index is -0.0856. The van der Waals surface area contributed by atoms with Crippen molar-refractivity contribution in [3.05, 3.63) is 34.3 Å². The molecule has 1 saturated heterocycles. The molecule has 1 fully saturated rings. The topological polar surface area (TPSA) is 73.8 Å².